The van der Waals surface area contributed by atoms with Crippen LogP contribution in [0.15, 0.2) is 0 Å². The van der Waals surface area contributed by atoms with Crippen molar-refractivity contribution in [3.05, 3.63) is 0 Å². The Morgan fingerprint density at radius 1 is 0.568 bits per heavy atom. The number of carboxylic acids is 2. The number of carbonyl (C=O) groups is 2. The normalized spacial score (nSPS) is 15.7. The van der Waals surface area contributed by atoms with Crippen LogP contribution in [0.2, 0.25) is 0 Å². The van der Waals surface area contributed by atoms with Gasteiger partial charge in [0.15, 0.2) is 0 Å². The summed E-state index contributed by atoms with van der Waals surface area (Å²) in [7, 11) is 0. The van der Waals surface area contributed by atoms with Crippen molar-refractivity contribution in [3.63, 3.8) is 0 Å². The molecule has 0 aromatic carbocycles. The van der Waals surface area contributed by atoms with Crippen molar-refractivity contribution in [1.29, 1.82) is 0 Å². The van der Waals surface area contributed by atoms with E-state index in [4.69, 9.17) is 5.11 Å². The predicted molar refractivity (Wildman–Crippen MR) is 158 cm³/mol. The van der Waals surface area contributed by atoms with Crippen molar-refractivity contribution < 1.29 is 19.8 Å². The molecule has 4 heteroatoms. The third-order valence-electron chi connectivity index (χ3n) is 8.98. The highest BCUT2D eigenvalue weighted by Gasteiger charge is 2.37. The second-order valence-electron chi connectivity index (χ2n) is 12.3. The van der Waals surface area contributed by atoms with Crippen molar-refractivity contribution in [3.8, 4) is 0 Å². The summed E-state index contributed by atoms with van der Waals surface area (Å²) in [4.78, 5) is 22.2. The van der Waals surface area contributed by atoms with E-state index >= 15 is 0 Å². The van der Waals surface area contributed by atoms with Crippen molar-refractivity contribution in [2.45, 2.75) is 176 Å². The van der Waals surface area contributed by atoms with E-state index in [0.717, 1.165) is 43.9 Å². The number of rotatable bonds is 27. The monoisotopic (exact) mass is 524 g/mol. The molecule has 0 bridgehead atoms. The molecule has 0 radical (unpaired) electrons. The maximum atomic E-state index is 11.6. The van der Waals surface area contributed by atoms with Crippen LogP contribution in [0.3, 0.4) is 0 Å². The molecule has 0 saturated heterocycles. The molecule has 0 rings (SSSR count). The Bertz CT molecular complexity index is 541. The number of hydrogen-bond donors (Lipinski definition) is 2. The van der Waals surface area contributed by atoms with Crippen LogP contribution in [0.1, 0.15) is 176 Å². The predicted octanol–water partition coefficient (Wildman–Crippen LogP) is 10.7. The van der Waals surface area contributed by atoms with E-state index in [1.807, 2.05) is 0 Å². The first-order valence-corrected chi connectivity index (χ1v) is 16.2. The molecule has 220 valence electrons. The molecule has 0 aliphatic carbocycles. The minimum absolute atomic E-state index is 0.225. The maximum Gasteiger partial charge on any atom is 0.303 e. The van der Waals surface area contributed by atoms with Gasteiger partial charge >= 0.3 is 11.9 Å². The van der Waals surface area contributed by atoms with Gasteiger partial charge in [0.2, 0.25) is 0 Å². The van der Waals surface area contributed by atoms with E-state index in [9.17, 15) is 14.7 Å². The lowest BCUT2D eigenvalue weighted by molar-refractivity contribution is -0.138. The molecule has 0 aliphatic heterocycles. The lowest BCUT2D eigenvalue weighted by Crippen LogP contribution is -2.33. The summed E-state index contributed by atoms with van der Waals surface area (Å²) in [6.07, 6.45) is 24.4. The molecule has 0 aromatic heterocycles. The van der Waals surface area contributed by atoms with E-state index in [-0.39, 0.29) is 5.41 Å². The van der Waals surface area contributed by atoms with Crippen LogP contribution in [0.4, 0.5) is 0 Å². The highest BCUT2D eigenvalue weighted by Crippen LogP contribution is 2.47. The Hall–Kier alpha value is -1.06. The molecule has 0 fully saturated rings. The zero-order valence-electron chi connectivity index (χ0n) is 25.5. The molecule has 4 nitrogen and oxygen atoms in total. The molecule has 2 N–H and O–H groups in total. The lowest BCUT2D eigenvalue weighted by Gasteiger charge is -2.43. The van der Waals surface area contributed by atoms with Crippen LogP contribution in [0, 0.1) is 23.2 Å². The summed E-state index contributed by atoms with van der Waals surface area (Å²) in [5, 5.41) is 18.3. The van der Waals surface area contributed by atoms with E-state index in [1.54, 1.807) is 0 Å². The zero-order valence-corrected chi connectivity index (χ0v) is 25.5. The molecule has 0 aliphatic rings. The fourth-order valence-corrected chi connectivity index (χ4v) is 6.49. The summed E-state index contributed by atoms with van der Waals surface area (Å²) >= 11 is 0. The van der Waals surface area contributed by atoms with Gasteiger partial charge in [-0.05, 0) is 55.3 Å². The van der Waals surface area contributed by atoms with Crippen LogP contribution in [-0.4, -0.2) is 22.2 Å². The quantitative estimate of drug-likeness (QED) is 0.105. The highest BCUT2D eigenvalue weighted by molar-refractivity contribution is 5.66. The number of aliphatic carboxylic acids is 2. The number of unbranched alkanes of at least 4 members (excludes halogenated alkanes) is 9. The first-order chi connectivity index (χ1) is 17.7. The van der Waals surface area contributed by atoms with Gasteiger partial charge in [-0.1, -0.05) is 131 Å². The van der Waals surface area contributed by atoms with Gasteiger partial charge < -0.3 is 10.2 Å². The summed E-state index contributed by atoms with van der Waals surface area (Å²) < 4.78 is 0. The van der Waals surface area contributed by atoms with E-state index in [0.29, 0.717) is 18.8 Å². The minimum atomic E-state index is -0.685. The molecule has 37 heavy (non-hydrogen) atoms. The zero-order chi connectivity index (χ0) is 27.9. The van der Waals surface area contributed by atoms with Gasteiger partial charge in [0, 0.05) is 12.8 Å². The van der Waals surface area contributed by atoms with E-state index < -0.39 is 11.9 Å². The molecule has 0 amide bonds. The molecule has 3 atom stereocenters. The molecule has 0 spiro atoms. The summed E-state index contributed by atoms with van der Waals surface area (Å²) in [5.74, 6) is 0.664. The first kappa shape index (κ1) is 35.9. The standard InChI is InChI=1S/C33H64O4/c1-6-10-20-28(8-3)26-33(5,27-29(9-4)21-11-7-2)30(24-25-32(36)37)22-18-16-14-12-13-15-17-19-23-31(34)35/h28-30H,6-27H2,1-5H3,(H,34,35)(H,36,37). The molecular formula is C33H64O4. The van der Waals surface area contributed by atoms with E-state index in [1.165, 1.54) is 96.3 Å². The third kappa shape index (κ3) is 18.8. The molecule has 0 saturated carbocycles. The second kappa shape index (κ2) is 22.9. The summed E-state index contributed by atoms with van der Waals surface area (Å²) in [6.45, 7) is 11.8. The molecule has 3 unspecified atom stereocenters. The largest absolute Gasteiger partial charge is 0.481 e. The minimum Gasteiger partial charge on any atom is -0.481 e. The fraction of sp³-hybridized carbons (Fsp3) is 0.939. The Morgan fingerprint density at radius 2 is 1.00 bits per heavy atom. The molecule has 0 aromatic rings. The highest BCUT2D eigenvalue weighted by atomic mass is 16.4. The van der Waals surface area contributed by atoms with Gasteiger partial charge in [-0.2, -0.15) is 0 Å². The lowest BCUT2D eigenvalue weighted by atomic mass is 9.62. The maximum absolute atomic E-state index is 11.6. The Morgan fingerprint density at radius 3 is 1.41 bits per heavy atom. The molecule has 0 heterocycles. The smallest absolute Gasteiger partial charge is 0.303 e. The first-order valence-electron chi connectivity index (χ1n) is 16.2. The van der Waals surface area contributed by atoms with Gasteiger partial charge in [-0.3, -0.25) is 9.59 Å². The fourth-order valence-electron chi connectivity index (χ4n) is 6.49. The van der Waals surface area contributed by atoms with Crippen molar-refractivity contribution >= 4 is 11.9 Å². The SMILES string of the molecule is CCCCC(CC)CC(C)(CC(CC)CCCC)C(CCCCCCCCCCC(=O)O)CCC(=O)O. The van der Waals surface area contributed by atoms with Crippen molar-refractivity contribution in [2.24, 2.45) is 23.2 Å². The van der Waals surface area contributed by atoms with Gasteiger partial charge in [-0.25, -0.2) is 0 Å². The topological polar surface area (TPSA) is 74.6 Å². The van der Waals surface area contributed by atoms with Crippen LogP contribution in [-0.2, 0) is 9.59 Å². The average molecular weight is 525 g/mol. The Kier molecular flexibility index (Phi) is 22.2. The van der Waals surface area contributed by atoms with Crippen LogP contribution in [0.25, 0.3) is 0 Å². The summed E-state index contributed by atoms with van der Waals surface area (Å²) in [6, 6.07) is 0. The summed E-state index contributed by atoms with van der Waals surface area (Å²) in [5.41, 5.74) is 0.225. The van der Waals surface area contributed by atoms with E-state index in [2.05, 4.69) is 34.6 Å². The van der Waals surface area contributed by atoms with Crippen LogP contribution < -0.4 is 0 Å². The molecular weight excluding hydrogens is 460 g/mol. The van der Waals surface area contributed by atoms with Crippen molar-refractivity contribution in [2.75, 3.05) is 0 Å². The van der Waals surface area contributed by atoms with Crippen LogP contribution >= 0.6 is 0 Å². The Labute approximate surface area is 230 Å². The number of carboxylic acid groups (broad SMARTS) is 2. The van der Waals surface area contributed by atoms with Gasteiger partial charge in [0.25, 0.3) is 0 Å². The number of hydrogen-bond acceptors (Lipinski definition) is 2. The third-order valence-corrected chi connectivity index (χ3v) is 8.98. The van der Waals surface area contributed by atoms with Gasteiger partial charge in [0.1, 0.15) is 0 Å². The van der Waals surface area contributed by atoms with Gasteiger partial charge in [-0.15, -0.1) is 0 Å². The van der Waals surface area contributed by atoms with Crippen LogP contribution in [0.5, 0.6) is 0 Å². The average Bonchev–Trinajstić information content (AvgIpc) is 2.86. The second-order valence-corrected chi connectivity index (χ2v) is 12.3. The van der Waals surface area contributed by atoms with Gasteiger partial charge in [0.05, 0.1) is 0 Å². The van der Waals surface area contributed by atoms with Crippen molar-refractivity contribution in [1.82, 2.24) is 0 Å². The Balaban J connectivity index is 5.17.